The molecule has 0 bridgehead atoms. The Labute approximate surface area is 150 Å². The number of halogens is 2. The minimum absolute atomic E-state index is 0.160. The Hall–Kier alpha value is -1.16. The largest absolute Gasteiger partial charge is 0.308 e. The van der Waals surface area contributed by atoms with E-state index >= 15 is 0 Å². The third kappa shape index (κ3) is 3.68. The first kappa shape index (κ1) is 16.7. The molecular formula is C18H17Cl2NOS. The standard InChI is InChI=1S/C18H17Cl2NOS/c1-12-8-14-4-2-3-5-17(14)21(12)18(22)11-23-10-13-6-7-15(19)16(20)9-13/h2-7,9,12H,8,10-11H2,1H3/t12-/m1/s1. The molecule has 0 unspecified atom stereocenters. The Morgan fingerprint density at radius 2 is 2.00 bits per heavy atom. The van der Waals surface area contributed by atoms with Gasteiger partial charge in [-0.05, 0) is 42.7 Å². The molecule has 2 aromatic rings. The quantitative estimate of drug-likeness (QED) is 0.741. The van der Waals surface area contributed by atoms with Crippen LogP contribution in [0.5, 0.6) is 0 Å². The third-order valence-corrected chi connectivity index (χ3v) is 5.68. The van der Waals surface area contributed by atoms with Crippen LogP contribution in [0.25, 0.3) is 0 Å². The van der Waals surface area contributed by atoms with Crippen LogP contribution in [-0.4, -0.2) is 17.7 Å². The summed E-state index contributed by atoms with van der Waals surface area (Å²) in [5, 5.41) is 1.11. The molecule has 2 nitrogen and oxygen atoms in total. The second kappa shape index (κ2) is 7.16. The molecule has 2 aromatic carbocycles. The van der Waals surface area contributed by atoms with E-state index in [2.05, 4.69) is 13.0 Å². The van der Waals surface area contributed by atoms with Gasteiger partial charge in [-0.15, -0.1) is 11.8 Å². The zero-order chi connectivity index (χ0) is 16.4. The van der Waals surface area contributed by atoms with Gasteiger partial charge in [-0.3, -0.25) is 4.79 Å². The summed E-state index contributed by atoms with van der Waals surface area (Å²) >= 11 is 13.5. The predicted molar refractivity (Wildman–Crippen MR) is 99.7 cm³/mol. The van der Waals surface area contributed by atoms with Crippen LogP contribution in [0, 0.1) is 0 Å². The van der Waals surface area contributed by atoms with Crippen molar-refractivity contribution < 1.29 is 4.79 Å². The van der Waals surface area contributed by atoms with E-state index in [1.54, 1.807) is 17.8 Å². The van der Waals surface area contributed by atoms with Gasteiger partial charge in [0.25, 0.3) is 0 Å². The lowest BCUT2D eigenvalue weighted by Crippen LogP contribution is -2.37. The van der Waals surface area contributed by atoms with Crippen molar-refractivity contribution in [2.24, 2.45) is 0 Å². The number of hydrogen-bond acceptors (Lipinski definition) is 2. The van der Waals surface area contributed by atoms with E-state index in [1.165, 1.54) is 5.56 Å². The molecule has 3 rings (SSSR count). The molecule has 0 spiro atoms. The zero-order valence-electron chi connectivity index (χ0n) is 12.8. The van der Waals surface area contributed by atoms with E-state index in [0.717, 1.165) is 23.4 Å². The van der Waals surface area contributed by atoms with E-state index in [-0.39, 0.29) is 11.9 Å². The van der Waals surface area contributed by atoms with Gasteiger partial charge in [0.15, 0.2) is 0 Å². The molecule has 0 aliphatic carbocycles. The van der Waals surface area contributed by atoms with Crippen molar-refractivity contribution in [3.63, 3.8) is 0 Å². The van der Waals surface area contributed by atoms with Crippen molar-refractivity contribution in [2.45, 2.75) is 25.1 Å². The maximum absolute atomic E-state index is 12.6. The lowest BCUT2D eigenvalue weighted by molar-refractivity contribution is -0.116. The number of hydrogen-bond donors (Lipinski definition) is 0. The Kier molecular flexibility index (Phi) is 5.20. The summed E-state index contributed by atoms with van der Waals surface area (Å²) < 4.78 is 0. The van der Waals surface area contributed by atoms with Crippen LogP contribution in [0.4, 0.5) is 5.69 Å². The fourth-order valence-electron chi connectivity index (χ4n) is 2.90. The molecule has 0 saturated carbocycles. The molecule has 0 saturated heterocycles. The Morgan fingerprint density at radius 1 is 1.22 bits per heavy atom. The van der Waals surface area contributed by atoms with Crippen LogP contribution in [0.3, 0.4) is 0 Å². The summed E-state index contributed by atoms with van der Waals surface area (Å²) in [6, 6.07) is 14.0. The summed E-state index contributed by atoms with van der Waals surface area (Å²) in [6.45, 7) is 2.10. The molecule has 1 aliphatic rings. The highest BCUT2D eigenvalue weighted by molar-refractivity contribution is 7.99. The topological polar surface area (TPSA) is 20.3 Å². The van der Waals surface area contributed by atoms with Crippen LogP contribution in [-0.2, 0) is 17.0 Å². The number of rotatable bonds is 4. The van der Waals surface area contributed by atoms with Gasteiger partial charge in [0, 0.05) is 17.5 Å². The Bertz CT molecular complexity index is 735. The average molecular weight is 366 g/mol. The van der Waals surface area contributed by atoms with Crippen molar-refractivity contribution in [3.05, 3.63) is 63.6 Å². The smallest absolute Gasteiger partial charge is 0.237 e. The third-order valence-electron chi connectivity index (χ3n) is 3.95. The van der Waals surface area contributed by atoms with Crippen LogP contribution < -0.4 is 4.90 Å². The summed E-state index contributed by atoms with van der Waals surface area (Å²) in [6.07, 6.45) is 0.930. The molecule has 5 heteroatoms. The fourth-order valence-corrected chi connectivity index (χ4v) is 4.05. The molecular weight excluding hydrogens is 349 g/mol. The van der Waals surface area contributed by atoms with Crippen LogP contribution in [0.15, 0.2) is 42.5 Å². The van der Waals surface area contributed by atoms with E-state index in [1.807, 2.05) is 35.2 Å². The summed E-state index contributed by atoms with van der Waals surface area (Å²) in [5.41, 5.74) is 3.38. The van der Waals surface area contributed by atoms with Gasteiger partial charge in [0.2, 0.25) is 5.91 Å². The molecule has 0 N–H and O–H groups in total. The molecule has 1 heterocycles. The van der Waals surface area contributed by atoms with Crippen LogP contribution >= 0.6 is 35.0 Å². The minimum Gasteiger partial charge on any atom is -0.308 e. The molecule has 120 valence electrons. The first-order chi connectivity index (χ1) is 11.1. The second-order valence-electron chi connectivity index (χ2n) is 5.69. The number of nitrogens with zero attached hydrogens (tertiary/aromatic N) is 1. The van der Waals surface area contributed by atoms with Gasteiger partial charge in [0.05, 0.1) is 15.8 Å². The number of fused-ring (bicyclic) bond motifs is 1. The number of carbonyl (C=O) groups is 1. The zero-order valence-corrected chi connectivity index (χ0v) is 15.1. The first-order valence-corrected chi connectivity index (χ1v) is 9.39. The molecule has 0 fully saturated rings. The maximum atomic E-state index is 12.6. The molecule has 0 aromatic heterocycles. The molecule has 1 aliphatic heterocycles. The highest BCUT2D eigenvalue weighted by Gasteiger charge is 2.30. The Morgan fingerprint density at radius 3 is 2.78 bits per heavy atom. The van der Waals surface area contributed by atoms with E-state index in [0.29, 0.717) is 15.8 Å². The second-order valence-corrected chi connectivity index (χ2v) is 7.49. The highest BCUT2D eigenvalue weighted by Crippen LogP contribution is 2.32. The van der Waals surface area contributed by atoms with E-state index in [4.69, 9.17) is 23.2 Å². The van der Waals surface area contributed by atoms with Gasteiger partial charge >= 0.3 is 0 Å². The molecule has 1 amide bonds. The lowest BCUT2D eigenvalue weighted by Gasteiger charge is -2.22. The number of para-hydroxylation sites is 1. The van der Waals surface area contributed by atoms with Crippen LogP contribution in [0.1, 0.15) is 18.1 Å². The highest BCUT2D eigenvalue weighted by atomic mass is 35.5. The predicted octanol–water partition coefficient (Wildman–Crippen LogP) is 5.20. The van der Waals surface area contributed by atoms with Gasteiger partial charge in [0.1, 0.15) is 0 Å². The van der Waals surface area contributed by atoms with E-state index < -0.39 is 0 Å². The van der Waals surface area contributed by atoms with Crippen molar-refractivity contribution in [1.29, 1.82) is 0 Å². The summed E-state index contributed by atoms with van der Waals surface area (Å²) in [4.78, 5) is 14.5. The minimum atomic E-state index is 0.160. The Balaban J connectivity index is 1.60. The number of carbonyl (C=O) groups excluding carboxylic acids is 1. The number of thioether (sulfide) groups is 1. The molecule has 0 radical (unpaired) electrons. The lowest BCUT2D eigenvalue weighted by atomic mass is 10.1. The number of benzene rings is 2. The summed E-state index contributed by atoms with van der Waals surface area (Å²) in [7, 11) is 0. The number of amides is 1. The van der Waals surface area contributed by atoms with Crippen molar-refractivity contribution in [3.8, 4) is 0 Å². The molecule has 23 heavy (non-hydrogen) atoms. The monoisotopic (exact) mass is 365 g/mol. The van der Waals surface area contributed by atoms with Crippen molar-refractivity contribution >= 4 is 46.6 Å². The van der Waals surface area contributed by atoms with E-state index in [9.17, 15) is 4.79 Å². The normalized spacial score (nSPS) is 16.5. The first-order valence-electron chi connectivity index (χ1n) is 7.48. The van der Waals surface area contributed by atoms with Gasteiger partial charge in [-0.25, -0.2) is 0 Å². The van der Waals surface area contributed by atoms with Crippen LogP contribution in [0.2, 0.25) is 10.0 Å². The van der Waals surface area contributed by atoms with Crippen molar-refractivity contribution in [2.75, 3.05) is 10.7 Å². The summed E-state index contributed by atoms with van der Waals surface area (Å²) in [5.74, 6) is 1.36. The maximum Gasteiger partial charge on any atom is 0.237 e. The van der Waals surface area contributed by atoms with Gasteiger partial charge in [-0.2, -0.15) is 0 Å². The average Bonchev–Trinajstić information content (AvgIpc) is 2.86. The van der Waals surface area contributed by atoms with Gasteiger partial charge < -0.3 is 4.90 Å². The van der Waals surface area contributed by atoms with Crippen molar-refractivity contribution in [1.82, 2.24) is 0 Å². The van der Waals surface area contributed by atoms with Gasteiger partial charge in [-0.1, -0.05) is 47.5 Å². The molecule has 1 atom stereocenters. The number of anilines is 1. The SMILES string of the molecule is C[C@@H]1Cc2ccccc2N1C(=O)CSCc1ccc(Cl)c(Cl)c1. The fraction of sp³-hybridized carbons (Fsp3) is 0.278.